The summed E-state index contributed by atoms with van der Waals surface area (Å²) in [6, 6.07) is 7.12. The molecule has 0 atom stereocenters. The van der Waals surface area contributed by atoms with Crippen molar-refractivity contribution in [2.24, 2.45) is 0 Å². The summed E-state index contributed by atoms with van der Waals surface area (Å²) in [6.45, 7) is 0.504. The Morgan fingerprint density at radius 2 is 2.29 bits per heavy atom. The van der Waals surface area contributed by atoms with Crippen LogP contribution in [0.1, 0.15) is 12.8 Å². The third-order valence-corrected chi connectivity index (χ3v) is 2.54. The molecular formula is C12H12N4O. The van der Waals surface area contributed by atoms with E-state index in [0.29, 0.717) is 36.0 Å². The third kappa shape index (κ3) is 2.26. The van der Waals surface area contributed by atoms with Crippen molar-refractivity contribution in [1.82, 2.24) is 9.55 Å². The topological polar surface area (TPSA) is 84.7 Å². The van der Waals surface area contributed by atoms with Crippen LogP contribution in [0.3, 0.4) is 0 Å². The van der Waals surface area contributed by atoms with Crippen molar-refractivity contribution in [1.29, 1.82) is 5.26 Å². The van der Waals surface area contributed by atoms with E-state index in [1.807, 2.05) is 6.07 Å². The number of nitrogen functional groups attached to an aromatic ring is 1. The first kappa shape index (κ1) is 11.1. The van der Waals surface area contributed by atoms with Gasteiger partial charge in [0.15, 0.2) is 0 Å². The number of benzene rings is 1. The number of aryl methyl sites for hydroxylation is 1. The van der Waals surface area contributed by atoms with Crippen LogP contribution in [-0.4, -0.2) is 9.55 Å². The molecule has 1 aromatic carbocycles. The van der Waals surface area contributed by atoms with E-state index in [2.05, 4.69) is 4.98 Å². The predicted octanol–water partition coefficient (Wildman–Crippen LogP) is 1.28. The quantitative estimate of drug-likeness (QED) is 0.633. The number of nitriles is 1. The standard InChI is InChI=1S/C12H12N4O/c13-5-1-2-6-16-8-15-11-4-3-9(14)7-10(11)12(16)17/h3-4,7-8H,1-2,6,14H2. The van der Waals surface area contributed by atoms with Gasteiger partial charge in [0.2, 0.25) is 0 Å². The van der Waals surface area contributed by atoms with Crippen molar-refractivity contribution in [2.45, 2.75) is 19.4 Å². The Hall–Kier alpha value is -2.35. The normalized spacial score (nSPS) is 10.3. The zero-order chi connectivity index (χ0) is 12.3. The van der Waals surface area contributed by atoms with Crippen molar-refractivity contribution < 1.29 is 0 Å². The largest absolute Gasteiger partial charge is 0.399 e. The van der Waals surface area contributed by atoms with Gasteiger partial charge in [-0.25, -0.2) is 4.98 Å². The van der Waals surface area contributed by atoms with E-state index in [9.17, 15) is 4.79 Å². The van der Waals surface area contributed by atoms with Gasteiger partial charge in [-0.2, -0.15) is 5.26 Å². The first-order chi connectivity index (χ1) is 8.22. The van der Waals surface area contributed by atoms with E-state index < -0.39 is 0 Å². The number of hydrogen-bond donors (Lipinski definition) is 1. The van der Waals surface area contributed by atoms with E-state index in [1.54, 1.807) is 18.2 Å². The molecule has 0 unspecified atom stereocenters. The highest BCUT2D eigenvalue weighted by Crippen LogP contribution is 2.11. The molecule has 0 aliphatic carbocycles. The monoisotopic (exact) mass is 228 g/mol. The number of nitrogens with zero attached hydrogens (tertiary/aromatic N) is 3. The highest BCUT2D eigenvalue weighted by atomic mass is 16.1. The minimum absolute atomic E-state index is 0.111. The summed E-state index contributed by atoms with van der Waals surface area (Å²) >= 11 is 0. The fourth-order valence-electron chi connectivity index (χ4n) is 1.66. The Morgan fingerprint density at radius 1 is 1.47 bits per heavy atom. The molecule has 86 valence electrons. The molecule has 0 spiro atoms. The van der Waals surface area contributed by atoms with Crippen LogP contribution in [-0.2, 0) is 6.54 Å². The van der Waals surface area contributed by atoms with Crippen molar-refractivity contribution >= 4 is 16.6 Å². The van der Waals surface area contributed by atoms with Gasteiger partial charge in [-0.1, -0.05) is 0 Å². The lowest BCUT2D eigenvalue weighted by atomic mass is 10.2. The molecule has 5 heteroatoms. The molecule has 0 amide bonds. The van der Waals surface area contributed by atoms with Crippen molar-refractivity contribution in [2.75, 3.05) is 5.73 Å². The van der Waals surface area contributed by atoms with E-state index >= 15 is 0 Å². The van der Waals surface area contributed by atoms with Gasteiger partial charge in [-0.3, -0.25) is 9.36 Å². The van der Waals surface area contributed by atoms with Gasteiger partial charge in [0, 0.05) is 18.7 Å². The van der Waals surface area contributed by atoms with Crippen molar-refractivity contribution in [3.05, 3.63) is 34.9 Å². The maximum Gasteiger partial charge on any atom is 0.261 e. The molecule has 2 N–H and O–H groups in total. The smallest absolute Gasteiger partial charge is 0.261 e. The molecule has 2 rings (SSSR count). The SMILES string of the molecule is N#CCCCn1cnc2ccc(N)cc2c1=O. The first-order valence-corrected chi connectivity index (χ1v) is 5.34. The molecule has 0 radical (unpaired) electrons. The molecule has 1 aromatic heterocycles. The Morgan fingerprint density at radius 3 is 3.06 bits per heavy atom. The van der Waals surface area contributed by atoms with Crippen LogP contribution >= 0.6 is 0 Å². The molecular weight excluding hydrogens is 216 g/mol. The molecule has 0 bridgehead atoms. The second-order valence-corrected chi connectivity index (χ2v) is 3.78. The van der Waals surface area contributed by atoms with Crippen LogP contribution in [0.4, 0.5) is 5.69 Å². The van der Waals surface area contributed by atoms with E-state index in [-0.39, 0.29) is 5.56 Å². The second kappa shape index (κ2) is 4.66. The fourth-order valence-corrected chi connectivity index (χ4v) is 1.66. The molecule has 0 saturated heterocycles. The Kier molecular flexibility index (Phi) is 3.06. The number of rotatable bonds is 3. The van der Waals surface area contributed by atoms with Crippen LogP contribution < -0.4 is 11.3 Å². The van der Waals surface area contributed by atoms with E-state index in [0.717, 1.165) is 0 Å². The third-order valence-electron chi connectivity index (χ3n) is 2.54. The maximum absolute atomic E-state index is 12.1. The summed E-state index contributed by atoms with van der Waals surface area (Å²) in [4.78, 5) is 16.2. The van der Waals surface area contributed by atoms with Gasteiger partial charge in [0.25, 0.3) is 5.56 Å². The highest BCUT2D eigenvalue weighted by Gasteiger charge is 2.03. The summed E-state index contributed by atoms with van der Waals surface area (Å²) in [6.07, 6.45) is 2.59. The van der Waals surface area contributed by atoms with Gasteiger partial charge in [0.05, 0.1) is 23.3 Å². The van der Waals surface area contributed by atoms with Gasteiger partial charge in [0.1, 0.15) is 0 Å². The lowest BCUT2D eigenvalue weighted by molar-refractivity contribution is 0.626. The van der Waals surface area contributed by atoms with Gasteiger partial charge in [-0.15, -0.1) is 0 Å². The van der Waals surface area contributed by atoms with Gasteiger partial charge >= 0.3 is 0 Å². The van der Waals surface area contributed by atoms with Gasteiger partial charge < -0.3 is 5.73 Å². The minimum Gasteiger partial charge on any atom is -0.399 e. The second-order valence-electron chi connectivity index (χ2n) is 3.78. The number of unbranched alkanes of at least 4 members (excludes halogenated alkanes) is 1. The van der Waals surface area contributed by atoms with Gasteiger partial charge in [-0.05, 0) is 24.6 Å². The van der Waals surface area contributed by atoms with Crippen LogP contribution in [0.2, 0.25) is 0 Å². The first-order valence-electron chi connectivity index (χ1n) is 5.34. The zero-order valence-electron chi connectivity index (χ0n) is 9.26. The summed E-state index contributed by atoms with van der Waals surface area (Å²) < 4.78 is 1.51. The molecule has 0 aliphatic rings. The molecule has 2 aromatic rings. The van der Waals surface area contributed by atoms with Crippen LogP contribution in [0.25, 0.3) is 10.9 Å². The van der Waals surface area contributed by atoms with E-state index in [1.165, 1.54) is 10.9 Å². The van der Waals surface area contributed by atoms with Crippen molar-refractivity contribution in [3.63, 3.8) is 0 Å². The summed E-state index contributed by atoms with van der Waals surface area (Å²) in [5.74, 6) is 0. The molecule has 17 heavy (non-hydrogen) atoms. The van der Waals surface area contributed by atoms with Crippen molar-refractivity contribution in [3.8, 4) is 6.07 Å². The average Bonchev–Trinajstić information content (AvgIpc) is 2.33. The fraction of sp³-hybridized carbons (Fsp3) is 0.250. The Bertz CT molecular complexity index is 639. The molecule has 1 heterocycles. The number of aromatic nitrogens is 2. The lowest BCUT2D eigenvalue weighted by Crippen LogP contribution is -2.20. The number of fused-ring (bicyclic) bond motifs is 1. The summed E-state index contributed by atoms with van der Waals surface area (Å²) in [5, 5.41) is 8.97. The molecule has 0 saturated carbocycles. The Labute approximate surface area is 98.1 Å². The average molecular weight is 228 g/mol. The summed E-state index contributed by atoms with van der Waals surface area (Å²) in [7, 11) is 0. The Balaban J connectivity index is 2.43. The zero-order valence-corrected chi connectivity index (χ0v) is 9.26. The van der Waals surface area contributed by atoms with E-state index in [4.69, 9.17) is 11.0 Å². The number of nitrogens with two attached hydrogens (primary N) is 1. The highest BCUT2D eigenvalue weighted by molar-refractivity contribution is 5.80. The predicted molar refractivity (Wildman–Crippen MR) is 65.3 cm³/mol. The van der Waals surface area contributed by atoms with Crippen LogP contribution in [0.15, 0.2) is 29.3 Å². The number of anilines is 1. The maximum atomic E-state index is 12.1. The summed E-state index contributed by atoms with van der Waals surface area (Å²) in [5.41, 5.74) is 6.72. The minimum atomic E-state index is -0.111. The molecule has 0 aliphatic heterocycles. The van der Waals surface area contributed by atoms with Crippen LogP contribution in [0.5, 0.6) is 0 Å². The van der Waals surface area contributed by atoms with Crippen LogP contribution in [0, 0.1) is 11.3 Å². The lowest BCUT2D eigenvalue weighted by Gasteiger charge is -2.05. The number of hydrogen-bond acceptors (Lipinski definition) is 4. The molecule has 5 nitrogen and oxygen atoms in total. The molecule has 0 fully saturated rings.